The average Bonchev–Trinajstić information content (AvgIpc) is 3.30. The van der Waals surface area contributed by atoms with Gasteiger partial charge in [-0.25, -0.2) is 4.98 Å². The number of benzene rings is 1. The van der Waals surface area contributed by atoms with Gasteiger partial charge in [0.05, 0.1) is 6.33 Å². The quantitative estimate of drug-likeness (QED) is 0.377. The van der Waals surface area contributed by atoms with E-state index in [1.165, 1.54) is 10.9 Å². The van der Waals surface area contributed by atoms with Crippen LogP contribution in [-0.2, 0) is 13.1 Å². The van der Waals surface area contributed by atoms with Gasteiger partial charge in [-0.2, -0.15) is 0 Å². The van der Waals surface area contributed by atoms with Crippen LogP contribution in [-0.4, -0.2) is 40.2 Å². The highest BCUT2D eigenvalue weighted by Gasteiger charge is 2.00. The predicted molar refractivity (Wildman–Crippen MR) is 103 cm³/mol. The first-order valence-corrected chi connectivity index (χ1v) is 8.81. The van der Waals surface area contributed by atoms with E-state index in [2.05, 4.69) is 66.3 Å². The molecule has 3 rings (SSSR count). The first-order chi connectivity index (χ1) is 12.4. The number of nitrogens with zero attached hydrogens (tertiary/aromatic N) is 4. The number of guanidine groups is 1. The molecule has 0 radical (unpaired) electrons. The van der Waals surface area contributed by atoms with Crippen LogP contribution >= 0.6 is 0 Å². The molecular formula is C19H26N6. The second-order valence-electron chi connectivity index (χ2n) is 6.00. The zero-order valence-corrected chi connectivity index (χ0v) is 14.7. The molecule has 0 aliphatic heterocycles. The second kappa shape index (κ2) is 8.92. The predicted octanol–water partition coefficient (Wildman–Crippen LogP) is 2.48. The van der Waals surface area contributed by atoms with E-state index in [-0.39, 0.29) is 0 Å². The van der Waals surface area contributed by atoms with Gasteiger partial charge in [-0.05, 0) is 30.4 Å². The monoisotopic (exact) mass is 338 g/mol. The standard InChI is InChI=1S/C19H26N6/c1-20-19(22-9-4-12-24-15-11-21-16-24)23-10-5-13-25-14-8-17-6-2-3-7-18(17)25/h2-3,6-8,11,14-16H,4-5,9-10,12-13H2,1H3,(H2,20,22,23). The van der Waals surface area contributed by atoms with Crippen molar-refractivity contribution >= 4 is 16.9 Å². The molecule has 0 saturated carbocycles. The van der Waals surface area contributed by atoms with E-state index in [9.17, 15) is 0 Å². The zero-order chi connectivity index (χ0) is 17.3. The third-order valence-electron chi connectivity index (χ3n) is 4.22. The van der Waals surface area contributed by atoms with Gasteiger partial charge in [0.15, 0.2) is 5.96 Å². The molecule has 0 aliphatic carbocycles. The maximum atomic E-state index is 4.28. The van der Waals surface area contributed by atoms with Crippen LogP contribution in [0.5, 0.6) is 0 Å². The zero-order valence-electron chi connectivity index (χ0n) is 14.7. The fourth-order valence-electron chi connectivity index (χ4n) is 2.90. The number of rotatable bonds is 8. The lowest BCUT2D eigenvalue weighted by Gasteiger charge is -2.12. The molecule has 0 fully saturated rings. The van der Waals surface area contributed by atoms with Crippen LogP contribution in [0.3, 0.4) is 0 Å². The van der Waals surface area contributed by atoms with Crippen LogP contribution in [0.25, 0.3) is 10.9 Å². The number of aryl methyl sites for hydroxylation is 2. The molecule has 0 bridgehead atoms. The third-order valence-corrected chi connectivity index (χ3v) is 4.22. The van der Waals surface area contributed by atoms with Gasteiger partial charge in [0.2, 0.25) is 0 Å². The summed E-state index contributed by atoms with van der Waals surface area (Å²) in [5.74, 6) is 0.864. The van der Waals surface area contributed by atoms with Crippen molar-refractivity contribution in [1.82, 2.24) is 24.8 Å². The minimum Gasteiger partial charge on any atom is -0.356 e. The Morgan fingerprint density at radius 2 is 1.84 bits per heavy atom. The van der Waals surface area contributed by atoms with Crippen molar-refractivity contribution in [3.8, 4) is 0 Å². The Labute approximate surface area is 148 Å². The molecule has 0 aliphatic rings. The van der Waals surface area contributed by atoms with Crippen molar-refractivity contribution in [1.29, 1.82) is 0 Å². The molecule has 2 aromatic heterocycles. The smallest absolute Gasteiger partial charge is 0.190 e. The molecule has 6 heteroatoms. The van der Waals surface area contributed by atoms with E-state index >= 15 is 0 Å². The van der Waals surface area contributed by atoms with Gasteiger partial charge < -0.3 is 19.8 Å². The summed E-state index contributed by atoms with van der Waals surface area (Å²) in [6.45, 7) is 3.75. The Bertz CT molecular complexity index is 787. The maximum Gasteiger partial charge on any atom is 0.190 e. The SMILES string of the molecule is CN=C(NCCCn1ccnc1)NCCCn1ccc2ccccc21. The van der Waals surface area contributed by atoms with E-state index < -0.39 is 0 Å². The van der Waals surface area contributed by atoms with Gasteiger partial charge in [0, 0.05) is 57.3 Å². The van der Waals surface area contributed by atoms with Gasteiger partial charge in [-0.15, -0.1) is 0 Å². The third kappa shape index (κ3) is 4.86. The van der Waals surface area contributed by atoms with E-state index in [1.54, 1.807) is 0 Å². The summed E-state index contributed by atoms with van der Waals surface area (Å²) in [7, 11) is 1.81. The normalized spacial score (nSPS) is 11.8. The van der Waals surface area contributed by atoms with Crippen molar-refractivity contribution in [2.24, 2.45) is 4.99 Å². The lowest BCUT2D eigenvalue weighted by Crippen LogP contribution is -2.38. The van der Waals surface area contributed by atoms with Gasteiger partial charge >= 0.3 is 0 Å². The van der Waals surface area contributed by atoms with Gasteiger partial charge in [0.1, 0.15) is 0 Å². The summed E-state index contributed by atoms with van der Waals surface area (Å²) in [5, 5.41) is 8.03. The number of para-hydroxylation sites is 1. The number of aliphatic imine (C=N–C) groups is 1. The van der Waals surface area contributed by atoms with Crippen LogP contribution in [0.1, 0.15) is 12.8 Å². The molecule has 2 N–H and O–H groups in total. The fraction of sp³-hybridized carbons (Fsp3) is 0.368. The Morgan fingerprint density at radius 3 is 2.60 bits per heavy atom. The minimum atomic E-state index is 0.864. The summed E-state index contributed by atoms with van der Waals surface area (Å²) >= 11 is 0. The summed E-state index contributed by atoms with van der Waals surface area (Å²) in [6, 6.07) is 10.7. The highest BCUT2D eigenvalue weighted by Crippen LogP contribution is 2.15. The molecular weight excluding hydrogens is 312 g/mol. The summed E-state index contributed by atoms with van der Waals surface area (Å²) < 4.78 is 4.39. The summed E-state index contributed by atoms with van der Waals surface area (Å²) in [4.78, 5) is 8.32. The lowest BCUT2D eigenvalue weighted by molar-refractivity contribution is 0.614. The fourth-order valence-corrected chi connectivity index (χ4v) is 2.90. The van der Waals surface area contributed by atoms with E-state index in [0.29, 0.717) is 0 Å². The number of hydrogen-bond acceptors (Lipinski definition) is 2. The van der Waals surface area contributed by atoms with Crippen LogP contribution in [0.4, 0.5) is 0 Å². The molecule has 1 aromatic carbocycles. The molecule has 0 spiro atoms. The first-order valence-electron chi connectivity index (χ1n) is 8.81. The van der Waals surface area contributed by atoms with Crippen molar-refractivity contribution in [3.05, 3.63) is 55.2 Å². The molecule has 0 atom stereocenters. The molecule has 25 heavy (non-hydrogen) atoms. The van der Waals surface area contributed by atoms with E-state index in [0.717, 1.165) is 45.0 Å². The van der Waals surface area contributed by atoms with E-state index in [4.69, 9.17) is 0 Å². The number of nitrogens with one attached hydrogen (secondary N) is 2. The van der Waals surface area contributed by atoms with Crippen molar-refractivity contribution in [2.45, 2.75) is 25.9 Å². The van der Waals surface area contributed by atoms with Crippen LogP contribution in [0.15, 0.2) is 60.2 Å². The molecule has 0 unspecified atom stereocenters. The number of imidazole rings is 1. The number of hydrogen-bond donors (Lipinski definition) is 2. The Kier molecular flexibility index (Phi) is 6.09. The van der Waals surface area contributed by atoms with E-state index in [1.807, 2.05) is 25.8 Å². The first kappa shape index (κ1) is 17.1. The largest absolute Gasteiger partial charge is 0.356 e. The van der Waals surface area contributed by atoms with Gasteiger partial charge in [0.25, 0.3) is 0 Å². The molecule has 6 nitrogen and oxygen atoms in total. The van der Waals surface area contributed by atoms with Gasteiger partial charge in [-0.3, -0.25) is 4.99 Å². The molecule has 0 amide bonds. The Balaban J connectivity index is 1.34. The van der Waals surface area contributed by atoms with Crippen LogP contribution < -0.4 is 10.6 Å². The molecule has 3 aromatic rings. The molecule has 0 saturated heterocycles. The molecule has 2 heterocycles. The second-order valence-corrected chi connectivity index (χ2v) is 6.00. The van der Waals surface area contributed by atoms with Gasteiger partial charge in [-0.1, -0.05) is 18.2 Å². The maximum absolute atomic E-state index is 4.28. The minimum absolute atomic E-state index is 0.864. The van der Waals surface area contributed by atoms with Crippen LogP contribution in [0.2, 0.25) is 0 Å². The highest BCUT2D eigenvalue weighted by molar-refractivity contribution is 5.80. The molecule has 132 valence electrons. The van der Waals surface area contributed by atoms with Crippen molar-refractivity contribution < 1.29 is 0 Å². The Morgan fingerprint density at radius 1 is 1.04 bits per heavy atom. The highest BCUT2D eigenvalue weighted by atomic mass is 15.2. The number of aromatic nitrogens is 3. The van der Waals surface area contributed by atoms with Crippen LogP contribution in [0, 0.1) is 0 Å². The average molecular weight is 338 g/mol. The summed E-state index contributed by atoms with van der Waals surface area (Å²) in [6.07, 6.45) is 9.88. The lowest BCUT2D eigenvalue weighted by atomic mass is 10.2. The van der Waals surface area contributed by atoms with Crippen molar-refractivity contribution in [2.75, 3.05) is 20.1 Å². The number of fused-ring (bicyclic) bond motifs is 1. The summed E-state index contributed by atoms with van der Waals surface area (Å²) in [5.41, 5.74) is 1.30. The Hall–Kier alpha value is -2.76. The topological polar surface area (TPSA) is 59.2 Å². The van der Waals surface area contributed by atoms with Crippen molar-refractivity contribution in [3.63, 3.8) is 0 Å².